The van der Waals surface area contributed by atoms with E-state index in [1.165, 1.54) is 0 Å². The van der Waals surface area contributed by atoms with Gasteiger partial charge in [0.15, 0.2) is 10.8 Å². The van der Waals surface area contributed by atoms with Crippen LogP contribution < -0.4 is 5.32 Å². The number of nitrogens with one attached hydrogen (secondary N) is 1. The van der Waals surface area contributed by atoms with E-state index in [-0.39, 0.29) is 9.47 Å². The lowest BCUT2D eigenvalue weighted by Gasteiger charge is -2.03. The first-order valence-electron chi connectivity index (χ1n) is 4.98. The summed E-state index contributed by atoms with van der Waals surface area (Å²) in [7, 11) is 0. The molecular formula is C11H8ClF3N2S. The van der Waals surface area contributed by atoms with Gasteiger partial charge in [-0.3, -0.25) is 0 Å². The Morgan fingerprint density at radius 3 is 2.44 bits per heavy atom. The first kappa shape index (κ1) is 13.2. The van der Waals surface area contributed by atoms with Gasteiger partial charge in [0.05, 0.1) is 0 Å². The molecule has 0 amide bonds. The lowest BCUT2D eigenvalue weighted by Crippen LogP contribution is -2.06. The minimum Gasteiger partial charge on any atom is -0.357 e. The number of hydrogen-bond donors (Lipinski definition) is 1. The largest absolute Gasteiger partial charge is 0.435 e. The monoisotopic (exact) mass is 292 g/mol. The molecule has 1 N–H and O–H groups in total. The number of benzene rings is 1. The smallest absolute Gasteiger partial charge is 0.357 e. The lowest BCUT2D eigenvalue weighted by atomic mass is 10.2. The molecule has 0 bridgehead atoms. The van der Waals surface area contributed by atoms with E-state index in [0.29, 0.717) is 6.54 Å². The number of rotatable bonds is 3. The van der Waals surface area contributed by atoms with Crippen LogP contribution in [0.15, 0.2) is 30.3 Å². The predicted octanol–water partition coefficient (Wildman–Crippen LogP) is 4.43. The van der Waals surface area contributed by atoms with Crippen LogP contribution in [-0.2, 0) is 12.7 Å². The van der Waals surface area contributed by atoms with Crippen molar-refractivity contribution in [2.45, 2.75) is 12.7 Å². The Morgan fingerprint density at radius 2 is 1.89 bits per heavy atom. The summed E-state index contributed by atoms with van der Waals surface area (Å²) in [6, 6.07) is 9.31. The molecule has 1 heterocycles. The SMILES string of the molecule is FC(F)(F)c1nc(NCc2ccccc2)sc1Cl. The highest BCUT2D eigenvalue weighted by Gasteiger charge is 2.37. The normalized spacial score (nSPS) is 11.6. The van der Waals surface area contributed by atoms with Crippen molar-refractivity contribution >= 4 is 28.1 Å². The molecule has 1 aromatic heterocycles. The average Bonchev–Trinajstić information content (AvgIpc) is 2.69. The topological polar surface area (TPSA) is 24.9 Å². The second kappa shape index (κ2) is 5.16. The van der Waals surface area contributed by atoms with Gasteiger partial charge in [0.1, 0.15) is 4.34 Å². The molecule has 0 saturated heterocycles. The Hall–Kier alpha value is -1.27. The summed E-state index contributed by atoms with van der Waals surface area (Å²) in [4.78, 5) is 3.45. The highest BCUT2D eigenvalue weighted by Crippen LogP contribution is 2.39. The maximum absolute atomic E-state index is 12.5. The highest BCUT2D eigenvalue weighted by molar-refractivity contribution is 7.19. The van der Waals surface area contributed by atoms with Crippen molar-refractivity contribution in [3.63, 3.8) is 0 Å². The summed E-state index contributed by atoms with van der Waals surface area (Å²) in [6.07, 6.45) is -4.51. The second-order valence-electron chi connectivity index (χ2n) is 3.48. The van der Waals surface area contributed by atoms with E-state index in [2.05, 4.69) is 10.3 Å². The summed E-state index contributed by atoms with van der Waals surface area (Å²) in [5.41, 5.74) is -0.0814. The molecule has 0 fully saturated rings. The highest BCUT2D eigenvalue weighted by atomic mass is 35.5. The van der Waals surface area contributed by atoms with Crippen molar-refractivity contribution in [3.05, 3.63) is 45.9 Å². The molecule has 7 heteroatoms. The van der Waals surface area contributed by atoms with Crippen molar-refractivity contribution in [3.8, 4) is 0 Å². The quantitative estimate of drug-likeness (QED) is 0.905. The van der Waals surface area contributed by atoms with Gasteiger partial charge in [-0.15, -0.1) is 0 Å². The fourth-order valence-corrected chi connectivity index (χ4v) is 2.40. The fraction of sp³-hybridized carbons (Fsp3) is 0.182. The Kier molecular flexibility index (Phi) is 3.77. The maximum atomic E-state index is 12.5. The van der Waals surface area contributed by atoms with E-state index in [9.17, 15) is 13.2 Å². The number of alkyl halides is 3. The number of aromatic nitrogens is 1. The van der Waals surface area contributed by atoms with Crippen LogP contribution >= 0.6 is 22.9 Å². The van der Waals surface area contributed by atoms with Gasteiger partial charge in [0.2, 0.25) is 0 Å². The van der Waals surface area contributed by atoms with Crippen LogP contribution in [0.1, 0.15) is 11.3 Å². The Bertz CT molecular complexity index is 525. The zero-order valence-electron chi connectivity index (χ0n) is 8.96. The number of anilines is 1. The summed E-state index contributed by atoms with van der Waals surface area (Å²) in [5, 5.41) is 2.98. The average molecular weight is 293 g/mol. The van der Waals surface area contributed by atoms with Crippen molar-refractivity contribution in [1.29, 1.82) is 0 Å². The molecule has 0 atom stereocenters. The Morgan fingerprint density at radius 1 is 1.22 bits per heavy atom. The van der Waals surface area contributed by atoms with E-state index >= 15 is 0 Å². The number of halogens is 4. The fourth-order valence-electron chi connectivity index (χ4n) is 1.33. The zero-order chi connectivity index (χ0) is 13.2. The summed E-state index contributed by atoms with van der Waals surface area (Å²) >= 11 is 6.29. The minimum atomic E-state index is -4.51. The predicted molar refractivity (Wildman–Crippen MR) is 65.9 cm³/mol. The van der Waals surface area contributed by atoms with E-state index in [1.807, 2.05) is 30.3 Å². The molecule has 0 saturated carbocycles. The number of thiazole rings is 1. The first-order valence-corrected chi connectivity index (χ1v) is 6.17. The van der Waals surface area contributed by atoms with Crippen LogP contribution in [0.25, 0.3) is 0 Å². The third-order valence-electron chi connectivity index (χ3n) is 2.14. The number of hydrogen-bond acceptors (Lipinski definition) is 3. The van der Waals surface area contributed by atoms with Gasteiger partial charge in [0, 0.05) is 6.54 Å². The Balaban J connectivity index is 2.07. The zero-order valence-corrected chi connectivity index (χ0v) is 10.5. The molecule has 0 aliphatic heterocycles. The lowest BCUT2D eigenvalue weighted by molar-refractivity contribution is -0.140. The van der Waals surface area contributed by atoms with Gasteiger partial charge < -0.3 is 5.32 Å². The third kappa shape index (κ3) is 3.14. The van der Waals surface area contributed by atoms with Gasteiger partial charge in [-0.2, -0.15) is 13.2 Å². The standard InChI is InChI=1S/C11H8ClF3N2S/c12-9-8(11(13,14)15)17-10(18-9)16-6-7-4-2-1-3-5-7/h1-5H,6H2,(H,16,17). The van der Waals surface area contributed by atoms with E-state index in [4.69, 9.17) is 11.6 Å². The van der Waals surface area contributed by atoms with Gasteiger partial charge in [-0.05, 0) is 5.56 Å². The van der Waals surface area contributed by atoms with Crippen molar-refractivity contribution in [1.82, 2.24) is 4.98 Å². The molecule has 2 aromatic rings. The van der Waals surface area contributed by atoms with Crippen molar-refractivity contribution in [2.24, 2.45) is 0 Å². The third-order valence-corrected chi connectivity index (χ3v) is 3.35. The number of nitrogens with zero attached hydrogens (tertiary/aromatic N) is 1. The van der Waals surface area contributed by atoms with Gasteiger partial charge >= 0.3 is 6.18 Å². The molecular weight excluding hydrogens is 285 g/mol. The first-order chi connectivity index (χ1) is 8.47. The molecule has 0 radical (unpaired) electrons. The van der Waals surface area contributed by atoms with Crippen LogP contribution in [0.4, 0.5) is 18.3 Å². The van der Waals surface area contributed by atoms with Gasteiger partial charge in [-0.1, -0.05) is 53.3 Å². The molecule has 18 heavy (non-hydrogen) atoms. The summed E-state index contributed by atoms with van der Waals surface area (Å²) in [6.45, 7) is 0.405. The van der Waals surface area contributed by atoms with E-state index in [1.54, 1.807) is 0 Å². The second-order valence-corrected chi connectivity index (χ2v) is 5.08. The molecule has 0 spiro atoms. The van der Waals surface area contributed by atoms with Crippen LogP contribution in [0.5, 0.6) is 0 Å². The molecule has 0 aliphatic carbocycles. The van der Waals surface area contributed by atoms with E-state index < -0.39 is 11.9 Å². The van der Waals surface area contributed by atoms with Gasteiger partial charge in [0.25, 0.3) is 0 Å². The van der Waals surface area contributed by atoms with E-state index in [0.717, 1.165) is 16.9 Å². The maximum Gasteiger partial charge on any atom is 0.435 e. The molecule has 0 aliphatic rings. The summed E-state index contributed by atoms with van der Waals surface area (Å²) < 4.78 is 37.0. The van der Waals surface area contributed by atoms with Crippen molar-refractivity contribution in [2.75, 3.05) is 5.32 Å². The van der Waals surface area contributed by atoms with Crippen LogP contribution in [0.3, 0.4) is 0 Å². The van der Waals surface area contributed by atoms with Crippen molar-refractivity contribution < 1.29 is 13.2 Å². The van der Waals surface area contributed by atoms with Crippen LogP contribution in [-0.4, -0.2) is 4.98 Å². The van der Waals surface area contributed by atoms with Crippen LogP contribution in [0, 0.1) is 0 Å². The summed E-state index contributed by atoms with van der Waals surface area (Å²) in [5.74, 6) is 0. The molecule has 2 nitrogen and oxygen atoms in total. The molecule has 1 aromatic carbocycles. The van der Waals surface area contributed by atoms with Gasteiger partial charge in [-0.25, -0.2) is 4.98 Å². The molecule has 0 unspecified atom stereocenters. The molecule has 96 valence electrons. The van der Waals surface area contributed by atoms with Crippen LogP contribution in [0.2, 0.25) is 4.34 Å². The Labute approximate surface area is 110 Å². The molecule has 2 rings (SSSR count). The minimum absolute atomic E-state index is 0.163.